The molecule has 3 unspecified atom stereocenters. The number of allylic oxidation sites excluding steroid dienone is 21. The Morgan fingerprint density at radius 3 is 1.35 bits per heavy atom. The number of carboxylic acids is 1. The zero-order valence-corrected chi connectivity index (χ0v) is 65.1. The lowest BCUT2D eigenvalue weighted by molar-refractivity contribution is -0.142. The van der Waals surface area contributed by atoms with E-state index in [4.69, 9.17) is 9.97 Å². The number of anilines is 2. The van der Waals surface area contributed by atoms with E-state index < -0.39 is 23.7 Å². The summed E-state index contributed by atoms with van der Waals surface area (Å²) in [5, 5.41) is 16.1. The van der Waals surface area contributed by atoms with Gasteiger partial charge in [0.1, 0.15) is 0 Å². The highest BCUT2D eigenvalue weighted by atomic mass is 16.4. The van der Waals surface area contributed by atoms with Crippen molar-refractivity contribution in [2.75, 3.05) is 10.6 Å². The summed E-state index contributed by atoms with van der Waals surface area (Å²) >= 11 is 0. The molecule has 6 aliphatic rings. The fourth-order valence-corrected chi connectivity index (χ4v) is 16.5. The lowest BCUT2D eigenvalue weighted by atomic mass is 9.72. The maximum Gasteiger partial charge on any atom is 0.307 e. The normalized spacial score (nSPS) is 17.7. The third-order valence-corrected chi connectivity index (χ3v) is 22.5. The third kappa shape index (κ3) is 16.1. The monoisotopic (exact) mass is 1480 g/mol. The first-order valence-electron chi connectivity index (χ1n) is 38.8. The van der Waals surface area contributed by atoms with Gasteiger partial charge in [0.25, 0.3) is 11.8 Å². The molecule has 5 N–H and O–H groups in total. The van der Waals surface area contributed by atoms with Gasteiger partial charge in [-0.3, -0.25) is 24.0 Å². The second-order valence-corrected chi connectivity index (χ2v) is 31.2. The molecule has 113 heavy (non-hydrogen) atoms. The van der Waals surface area contributed by atoms with E-state index in [0.717, 1.165) is 111 Å². The summed E-state index contributed by atoms with van der Waals surface area (Å²) in [6.07, 6.45) is 42.4. The molecule has 560 valence electrons. The second-order valence-electron chi connectivity index (χ2n) is 31.2. The van der Waals surface area contributed by atoms with Gasteiger partial charge in [-0.2, -0.15) is 0 Å². The number of amides is 2. The number of benzene rings is 6. The Bertz CT molecular complexity index is 5980. The Hall–Kier alpha value is -13.2. The van der Waals surface area contributed by atoms with Crippen molar-refractivity contribution in [3.8, 4) is 44.5 Å². The molecule has 1 fully saturated rings. The van der Waals surface area contributed by atoms with Crippen molar-refractivity contribution in [1.29, 1.82) is 0 Å². The molecule has 1 saturated carbocycles. The molecule has 4 aliphatic carbocycles. The van der Waals surface area contributed by atoms with Gasteiger partial charge < -0.3 is 25.7 Å². The predicted molar refractivity (Wildman–Crippen MR) is 463 cm³/mol. The molecule has 3 aromatic heterocycles. The molecule has 12 nitrogen and oxygen atoms in total. The standard InChI is InChI=1S/C101H90N6O6/c1-60(15-10-11-16-61(2)18-13-20-63(4)27-47-81-66(7)21-14-56-101(81,8)9)17-12-19-62(3)22-28-67-29-35-72(36-30-67)98(110)102-75-42-37-70(38-43-75)92-86-52-48-82(104-86)90(68-31-23-64(5)24-32-68)84-50-54-88(106-84)93(89-55-51-85(107-89)91(83-49-53-87(92)105-83)69-33-25-65(6)26-34-69)71-39-44-76(45-40-71)103-99(111)73-41-46-77-79(57-73)97(109)95-78-58-74(94(95)96(77)108)59-80(78)100(112)113/h10-13,15-20,22-55,57,74,78,80,104,107H,14,21,56,58-59H2,1-9H3,(H,102,110)(H,103,111)(H,112,113)/b11-10+,17-12+,18-13+,28-22+,47-27+,60-15+,61-16+,62-19+,63-20+,90-82?,90-84?,91-83?,91-85?,92-86?,92-87?,93-88?,93-89?. The molecule has 0 radical (unpaired) electrons. The van der Waals surface area contributed by atoms with Crippen LogP contribution in [0.1, 0.15) is 161 Å². The molecule has 12 heteroatoms. The molecule has 15 rings (SSSR count). The number of rotatable bonds is 19. The largest absolute Gasteiger partial charge is 0.481 e. The molecule has 3 atom stereocenters. The number of aryl methyl sites for hydroxylation is 2. The summed E-state index contributed by atoms with van der Waals surface area (Å²) in [5.41, 5.74) is 27.2. The first-order valence-corrected chi connectivity index (χ1v) is 38.8. The van der Waals surface area contributed by atoms with Gasteiger partial charge in [-0.25, -0.2) is 9.97 Å². The number of aliphatic carboxylic acids is 1. The number of Topliss-reactive ketones (excluding diaryl/α,β-unsaturated/α-hetero) is 2. The van der Waals surface area contributed by atoms with Gasteiger partial charge >= 0.3 is 5.97 Å². The van der Waals surface area contributed by atoms with Gasteiger partial charge in [0, 0.05) is 95.0 Å². The molecule has 5 heterocycles. The number of aromatic amines is 2. The summed E-state index contributed by atoms with van der Waals surface area (Å²) in [4.78, 5) is 86.8. The van der Waals surface area contributed by atoms with Crippen LogP contribution in [0.4, 0.5) is 11.4 Å². The Morgan fingerprint density at radius 2 is 0.885 bits per heavy atom. The summed E-state index contributed by atoms with van der Waals surface area (Å²) in [6, 6.07) is 52.7. The molecule has 2 aliphatic heterocycles. The van der Waals surface area contributed by atoms with Crippen molar-refractivity contribution in [1.82, 2.24) is 19.9 Å². The number of fused-ring (bicyclic) bond motifs is 13. The molecular formula is C101H90N6O6. The van der Waals surface area contributed by atoms with Gasteiger partial charge in [0.05, 0.1) is 28.7 Å². The smallest absolute Gasteiger partial charge is 0.307 e. The Labute approximate surface area is 660 Å². The van der Waals surface area contributed by atoms with Crippen LogP contribution >= 0.6 is 0 Å². The second kappa shape index (κ2) is 32.0. The van der Waals surface area contributed by atoms with Crippen molar-refractivity contribution in [3.05, 3.63) is 349 Å². The fraction of sp³-hybridized carbons (Fsp3) is 0.178. The van der Waals surface area contributed by atoms with Crippen LogP contribution in [-0.4, -0.2) is 54.4 Å². The third-order valence-electron chi connectivity index (χ3n) is 22.5. The highest BCUT2D eigenvalue weighted by molar-refractivity contribution is 6.29. The molecule has 2 amide bonds. The number of carbonyl (C=O) groups is 5. The van der Waals surface area contributed by atoms with Crippen LogP contribution in [0.5, 0.6) is 0 Å². The van der Waals surface area contributed by atoms with Gasteiger partial charge in [0.2, 0.25) is 0 Å². The Kier molecular flexibility index (Phi) is 21.3. The van der Waals surface area contributed by atoms with E-state index >= 15 is 0 Å². The molecule has 0 spiro atoms. The number of ketones is 2. The first-order chi connectivity index (χ1) is 54.6. The number of nitrogens with zero attached hydrogens (tertiary/aromatic N) is 2. The lowest BCUT2D eigenvalue weighted by Gasteiger charge is -2.32. The van der Waals surface area contributed by atoms with Crippen LogP contribution in [0.3, 0.4) is 0 Å². The van der Waals surface area contributed by atoms with Crippen LogP contribution < -0.4 is 10.6 Å². The minimum absolute atomic E-state index is 0.122. The number of aromatic nitrogens is 4. The van der Waals surface area contributed by atoms with Crippen molar-refractivity contribution in [2.24, 2.45) is 23.2 Å². The van der Waals surface area contributed by atoms with Crippen LogP contribution in [-0.2, 0) is 4.79 Å². The van der Waals surface area contributed by atoms with Gasteiger partial charge in [-0.15, -0.1) is 0 Å². The molecular weight excluding hydrogens is 1390 g/mol. The zero-order chi connectivity index (χ0) is 78.8. The number of carboxylic acid groups (broad SMARTS) is 1. The fourth-order valence-electron chi connectivity index (χ4n) is 16.5. The maximum atomic E-state index is 14.1. The van der Waals surface area contributed by atoms with Crippen molar-refractivity contribution in [2.45, 2.75) is 94.4 Å². The SMILES string of the molecule is CC1=C(/C=C/C(C)=C/C=C/C(C)=C/C=C/C=C(C)/C=C/C=C(C)/C=C/c2ccc(C(=O)Nc3ccc(-c4c5nc(c(-c6ccc(C)cc6)c6ccc([nH]6)c(-c6ccc(NC(=O)c7ccc8c(c7)C(=O)C7=C(C8=O)C8CC(C(=O)O)C7C8)cc6)c6nc(c(-c7ccc(C)cc7)c7ccc4[nH]7)C=C6)C=C5)cc3)cc2)C(C)(C)CCC1. The van der Waals surface area contributed by atoms with Crippen LogP contribution in [0, 0.1) is 37.0 Å². The van der Waals surface area contributed by atoms with Crippen molar-refractivity contribution in [3.63, 3.8) is 0 Å². The maximum absolute atomic E-state index is 14.1. The molecule has 6 aromatic carbocycles. The summed E-state index contributed by atoms with van der Waals surface area (Å²) < 4.78 is 0. The lowest BCUT2D eigenvalue weighted by Crippen LogP contribution is -2.32. The summed E-state index contributed by atoms with van der Waals surface area (Å²) in [5.74, 6) is -3.79. The van der Waals surface area contributed by atoms with Crippen LogP contribution in [0.2, 0.25) is 0 Å². The quantitative estimate of drug-likeness (QED) is 0.0495. The number of hydrogen-bond acceptors (Lipinski definition) is 7. The van der Waals surface area contributed by atoms with Gasteiger partial charge in [0.15, 0.2) is 11.6 Å². The van der Waals surface area contributed by atoms with E-state index in [9.17, 15) is 29.1 Å². The van der Waals surface area contributed by atoms with Crippen molar-refractivity contribution >= 4 is 93.2 Å². The van der Waals surface area contributed by atoms with Gasteiger partial charge in [-0.1, -0.05) is 223 Å². The highest BCUT2D eigenvalue weighted by Crippen LogP contribution is 2.55. The highest BCUT2D eigenvalue weighted by Gasteiger charge is 2.54. The zero-order valence-electron chi connectivity index (χ0n) is 65.1. The van der Waals surface area contributed by atoms with E-state index in [1.54, 1.807) is 6.07 Å². The first kappa shape index (κ1) is 75.2. The topological polar surface area (TPSA) is 187 Å². The molecule has 0 saturated heterocycles. The molecule has 9 aromatic rings. The number of nitrogens with one attached hydrogen (secondary N) is 4. The van der Waals surface area contributed by atoms with Crippen LogP contribution in [0.25, 0.3) is 97.0 Å². The average molecular weight is 1480 g/mol. The van der Waals surface area contributed by atoms with E-state index in [2.05, 4.69) is 247 Å². The average Bonchev–Trinajstić information content (AvgIpc) is 1.58. The van der Waals surface area contributed by atoms with E-state index in [0.29, 0.717) is 46.6 Å². The van der Waals surface area contributed by atoms with E-state index in [1.807, 2.05) is 91.0 Å². The number of H-pyrrole nitrogens is 2. The van der Waals surface area contributed by atoms with Crippen molar-refractivity contribution < 1.29 is 29.1 Å². The summed E-state index contributed by atoms with van der Waals surface area (Å²) in [7, 11) is 0. The number of carbonyl (C=O) groups excluding carboxylic acids is 4. The van der Waals surface area contributed by atoms with Crippen LogP contribution in [0.15, 0.2) is 287 Å². The summed E-state index contributed by atoms with van der Waals surface area (Å²) in [6.45, 7) is 19.6. The predicted octanol–water partition coefficient (Wildman–Crippen LogP) is 24.4. The number of hydrogen-bond donors (Lipinski definition) is 5. The minimum atomic E-state index is -0.964. The Morgan fingerprint density at radius 1 is 0.469 bits per heavy atom. The minimum Gasteiger partial charge on any atom is -0.481 e. The van der Waals surface area contributed by atoms with E-state index in [1.165, 1.54) is 53.7 Å². The van der Waals surface area contributed by atoms with Gasteiger partial charge in [-0.05, 0) is 228 Å². The Balaban J connectivity index is 0.672. The molecule has 10 bridgehead atoms. The van der Waals surface area contributed by atoms with E-state index in [-0.39, 0.29) is 45.5 Å².